The molecule has 0 spiro atoms. The summed E-state index contributed by atoms with van der Waals surface area (Å²) in [5, 5.41) is 10.5. The lowest BCUT2D eigenvalue weighted by atomic mass is 9.88. The largest absolute Gasteiger partial charge is 0.457 e. The van der Waals surface area contributed by atoms with E-state index in [0.717, 1.165) is 44.7 Å². The van der Waals surface area contributed by atoms with E-state index in [4.69, 9.17) is 18.9 Å². The highest BCUT2D eigenvalue weighted by Crippen LogP contribution is 2.30. The first kappa shape index (κ1) is 29.6. The van der Waals surface area contributed by atoms with Crippen LogP contribution in [0, 0.1) is 5.92 Å². The van der Waals surface area contributed by atoms with Gasteiger partial charge in [-0.25, -0.2) is 4.79 Å². The maximum absolute atomic E-state index is 13.3. The number of esters is 1. The number of ether oxygens (including phenoxy) is 4. The van der Waals surface area contributed by atoms with Gasteiger partial charge in [-0.3, -0.25) is 9.69 Å². The summed E-state index contributed by atoms with van der Waals surface area (Å²) in [6, 6.07) is 0.522. The van der Waals surface area contributed by atoms with Gasteiger partial charge in [-0.2, -0.15) is 0 Å². The van der Waals surface area contributed by atoms with Crippen molar-refractivity contribution in [3.05, 3.63) is 23.8 Å². The minimum Gasteiger partial charge on any atom is -0.457 e. The van der Waals surface area contributed by atoms with Gasteiger partial charge < -0.3 is 29.0 Å². The van der Waals surface area contributed by atoms with Gasteiger partial charge in [-0.05, 0) is 58.1 Å². The molecule has 0 bridgehead atoms. The van der Waals surface area contributed by atoms with Crippen molar-refractivity contribution in [1.82, 2.24) is 9.80 Å². The Morgan fingerprint density at radius 1 is 1.16 bits per heavy atom. The molecule has 37 heavy (non-hydrogen) atoms. The zero-order chi connectivity index (χ0) is 27.0. The van der Waals surface area contributed by atoms with Gasteiger partial charge in [0.05, 0.1) is 12.5 Å². The Bertz CT molecular complexity index is 817. The first-order valence-electron chi connectivity index (χ1n) is 13.7. The van der Waals surface area contributed by atoms with Gasteiger partial charge in [0.25, 0.3) is 0 Å². The molecular weight excluding hydrogens is 476 g/mol. The minimum atomic E-state index is -0.873. The van der Waals surface area contributed by atoms with Crippen LogP contribution in [-0.2, 0) is 23.7 Å². The molecule has 2 fully saturated rings. The summed E-state index contributed by atoms with van der Waals surface area (Å²) in [6.45, 7) is 12.1. The zero-order valence-corrected chi connectivity index (χ0v) is 23.2. The summed E-state index contributed by atoms with van der Waals surface area (Å²) < 4.78 is 23.2. The predicted molar refractivity (Wildman–Crippen MR) is 140 cm³/mol. The highest BCUT2D eigenvalue weighted by molar-refractivity contribution is 5.70. The Morgan fingerprint density at radius 2 is 1.84 bits per heavy atom. The zero-order valence-electron chi connectivity index (χ0n) is 23.2. The molecule has 0 aromatic rings. The average molecular weight is 523 g/mol. The molecule has 3 aliphatic rings. The van der Waals surface area contributed by atoms with Crippen molar-refractivity contribution in [2.75, 3.05) is 46.5 Å². The third-order valence-electron chi connectivity index (χ3n) is 8.18. The Morgan fingerprint density at radius 3 is 2.46 bits per heavy atom. The lowest BCUT2D eigenvalue weighted by Crippen LogP contribution is -2.54. The number of carbonyl (C=O) groups is 2. The number of amides is 1. The van der Waals surface area contributed by atoms with Crippen molar-refractivity contribution in [1.29, 1.82) is 0 Å². The number of hydrogen-bond donors (Lipinski definition) is 1. The number of nitrogens with zero attached hydrogens (tertiary/aromatic N) is 2. The summed E-state index contributed by atoms with van der Waals surface area (Å²) >= 11 is 0. The van der Waals surface area contributed by atoms with E-state index in [1.807, 2.05) is 45.9 Å². The molecule has 0 aliphatic carbocycles. The highest BCUT2D eigenvalue weighted by Gasteiger charge is 2.39. The molecule has 3 heterocycles. The lowest BCUT2D eigenvalue weighted by Gasteiger charge is -2.41. The van der Waals surface area contributed by atoms with Crippen molar-refractivity contribution < 1.29 is 33.6 Å². The summed E-state index contributed by atoms with van der Waals surface area (Å²) in [5.41, 5.74) is 0.0490. The van der Waals surface area contributed by atoms with Crippen molar-refractivity contribution in [3.63, 3.8) is 0 Å². The van der Waals surface area contributed by atoms with Gasteiger partial charge in [0.1, 0.15) is 11.7 Å². The monoisotopic (exact) mass is 522 g/mol. The number of cyclic esters (lactones) is 1. The maximum atomic E-state index is 13.3. The van der Waals surface area contributed by atoms with E-state index >= 15 is 0 Å². The fourth-order valence-corrected chi connectivity index (χ4v) is 5.32. The number of aliphatic hydroxyl groups is 1. The summed E-state index contributed by atoms with van der Waals surface area (Å²) in [4.78, 5) is 30.0. The number of aliphatic hydroxyl groups excluding tert-OH is 1. The van der Waals surface area contributed by atoms with Crippen LogP contribution < -0.4 is 0 Å². The van der Waals surface area contributed by atoms with Crippen LogP contribution in [0.15, 0.2) is 23.8 Å². The van der Waals surface area contributed by atoms with E-state index in [0.29, 0.717) is 32.0 Å². The first-order chi connectivity index (χ1) is 17.7. The lowest BCUT2D eigenvalue weighted by molar-refractivity contribution is -0.151. The molecule has 0 radical (unpaired) electrons. The summed E-state index contributed by atoms with van der Waals surface area (Å²) in [5.74, 6) is -0.594. The third-order valence-corrected chi connectivity index (χ3v) is 8.18. The molecule has 5 unspecified atom stereocenters. The van der Waals surface area contributed by atoms with Crippen molar-refractivity contribution in [2.45, 2.75) is 89.8 Å². The minimum absolute atomic E-state index is 0.0917. The molecule has 0 aromatic heterocycles. The van der Waals surface area contributed by atoms with E-state index in [1.54, 1.807) is 12.0 Å². The van der Waals surface area contributed by atoms with Gasteiger partial charge >= 0.3 is 12.1 Å². The van der Waals surface area contributed by atoms with E-state index in [2.05, 4.69) is 4.90 Å². The van der Waals surface area contributed by atoms with Gasteiger partial charge in [0.2, 0.25) is 0 Å². The predicted octanol–water partition coefficient (Wildman–Crippen LogP) is 3.31. The van der Waals surface area contributed by atoms with Crippen LogP contribution in [0.4, 0.5) is 4.79 Å². The molecule has 9 heteroatoms. The summed E-state index contributed by atoms with van der Waals surface area (Å²) in [7, 11) is 1.59. The van der Waals surface area contributed by atoms with Crippen LogP contribution in [0.1, 0.15) is 59.8 Å². The highest BCUT2D eigenvalue weighted by atomic mass is 16.6. The van der Waals surface area contributed by atoms with Crippen molar-refractivity contribution >= 4 is 12.1 Å². The molecule has 3 aliphatic heterocycles. The average Bonchev–Trinajstić information content (AvgIpc) is 2.92. The van der Waals surface area contributed by atoms with Crippen LogP contribution in [-0.4, -0.2) is 103 Å². The second-order valence-electron chi connectivity index (χ2n) is 10.8. The van der Waals surface area contributed by atoms with Gasteiger partial charge in [0, 0.05) is 58.5 Å². The Hall–Kier alpha value is -1.94. The smallest absolute Gasteiger partial charge is 0.410 e. The second kappa shape index (κ2) is 13.7. The molecule has 5 atom stereocenters. The van der Waals surface area contributed by atoms with Crippen molar-refractivity contribution in [2.24, 2.45) is 5.92 Å². The van der Waals surface area contributed by atoms with E-state index in [9.17, 15) is 14.7 Å². The third kappa shape index (κ3) is 8.02. The van der Waals surface area contributed by atoms with Gasteiger partial charge in [-0.15, -0.1) is 0 Å². The molecule has 0 saturated carbocycles. The first-order valence-corrected chi connectivity index (χ1v) is 13.7. The Balaban J connectivity index is 1.74. The van der Waals surface area contributed by atoms with Gasteiger partial charge in [0.15, 0.2) is 6.10 Å². The van der Waals surface area contributed by atoms with Crippen LogP contribution in [0.3, 0.4) is 0 Å². The SMILES string of the molecule is C/C=C(\C)C1OC(=O)CC(O)CCC(C)(OC)C(OC(=O)N2CCN(C3CCOCC3)CC2)/C=C/C1C. The number of allylic oxidation sites excluding steroid dienone is 1. The molecule has 3 rings (SSSR count). The van der Waals surface area contributed by atoms with Gasteiger partial charge in [-0.1, -0.05) is 19.1 Å². The topological polar surface area (TPSA) is 97.8 Å². The number of methoxy groups -OCH3 is 1. The fourth-order valence-electron chi connectivity index (χ4n) is 5.32. The number of piperazine rings is 1. The van der Waals surface area contributed by atoms with Crippen molar-refractivity contribution in [3.8, 4) is 0 Å². The van der Waals surface area contributed by atoms with Crippen LogP contribution in [0.25, 0.3) is 0 Å². The molecule has 9 nitrogen and oxygen atoms in total. The molecule has 1 N–H and O–H groups in total. The normalized spacial score (nSPS) is 34.7. The molecule has 2 saturated heterocycles. The van der Waals surface area contributed by atoms with E-state index in [1.165, 1.54) is 0 Å². The number of rotatable bonds is 4. The quantitative estimate of drug-likeness (QED) is 0.444. The van der Waals surface area contributed by atoms with E-state index in [-0.39, 0.29) is 18.4 Å². The molecule has 1 amide bonds. The van der Waals surface area contributed by atoms with Crippen LogP contribution in [0.5, 0.6) is 0 Å². The molecule has 210 valence electrons. The fraction of sp³-hybridized carbons (Fsp3) is 0.786. The standard InChI is InChI=1S/C28H46N2O7/c1-6-20(2)26-21(3)7-8-24(28(4,34-5)12-9-23(31)19-25(32)37-26)36-27(33)30-15-13-29(14-16-30)22-10-17-35-18-11-22/h6-8,21-24,26,31H,9-19H2,1-5H3/b8-7+,20-6+. The maximum Gasteiger partial charge on any atom is 0.410 e. The van der Waals surface area contributed by atoms with Crippen LogP contribution >= 0.6 is 0 Å². The Kier molecular flexibility index (Phi) is 11.0. The molecule has 0 aromatic carbocycles. The molecular formula is C28H46N2O7. The van der Waals surface area contributed by atoms with E-state index < -0.39 is 29.9 Å². The summed E-state index contributed by atoms with van der Waals surface area (Å²) in [6.07, 6.45) is 6.03. The number of hydrogen-bond acceptors (Lipinski definition) is 8. The van der Waals surface area contributed by atoms with Crippen LogP contribution in [0.2, 0.25) is 0 Å². The second-order valence-corrected chi connectivity index (χ2v) is 10.8. The number of carbonyl (C=O) groups excluding carboxylic acids is 2. The Labute approximate surface area is 221 Å².